The van der Waals surface area contributed by atoms with E-state index < -0.39 is 25.9 Å². The molecule has 2 heterocycles. The van der Waals surface area contributed by atoms with Gasteiger partial charge in [0.25, 0.3) is 5.91 Å². The molecule has 0 saturated heterocycles. The first kappa shape index (κ1) is 36.6. The molecule has 6 rings (SSSR count). The van der Waals surface area contributed by atoms with Crippen LogP contribution in [-0.2, 0) is 19.1 Å². The van der Waals surface area contributed by atoms with Gasteiger partial charge in [-0.15, -0.1) is 0 Å². The van der Waals surface area contributed by atoms with Crippen LogP contribution in [0.25, 0.3) is 5.57 Å². The molecule has 1 atom stereocenters. The summed E-state index contributed by atoms with van der Waals surface area (Å²) in [5, 5.41) is 14.8. The predicted molar refractivity (Wildman–Crippen MR) is 206 cm³/mol. The number of phenolic OH excluding ortho intramolecular Hbond substituents is 1. The lowest BCUT2D eigenvalue weighted by Gasteiger charge is -2.36. The number of carbonyl (C=O) groups excluding carboxylic acids is 3. The molecule has 270 valence electrons. The summed E-state index contributed by atoms with van der Waals surface area (Å²) in [6.07, 6.45) is 0.960. The maximum atomic E-state index is 13.7. The van der Waals surface area contributed by atoms with Gasteiger partial charge < -0.3 is 24.4 Å². The highest BCUT2D eigenvalue weighted by molar-refractivity contribution is 7.01. The second-order valence-electron chi connectivity index (χ2n) is 15.1. The summed E-state index contributed by atoms with van der Waals surface area (Å²) in [6, 6.07) is 24.2. The summed E-state index contributed by atoms with van der Waals surface area (Å²) >= 11 is 0. The van der Waals surface area contributed by atoms with Gasteiger partial charge in [-0.3, -0.25) is 19.4 Å². The molecule has 2 aliphatic heterocycles. The van der Waals surface area contributed by atoms with Gasteiger partial charge in [-0.1, -0.05) is 32.2 Å². The van der Waals surface area contributed by atoms with Crippen LogP contribution in [0.4, 0.5) is 11.4 Å². The number of esters is 2. The first-order valence-electron chi connectivity index (χ1n) is 17.5. The molecule has 0 saturated carbocycles. The van der Waals surface area contributed by atoms with Crippen LogP contribution in [0.5, 0.6) is 5.75 Å². The third-order valence-corrected chi connectivity index (χ3v) is 14.1. The number of benzene rings is 4. The number of hydrogen-bond donors (Lipinski definition) is 1. The average Bonchev–Trinajstić information content (AvgIpc) is 3.10. The van der Waals surface area contributed by atoms with Gasteiger partial charge in [0.15, 0.2) is 0 Å². The molecule has 0 spiro atoms. The second-order valence-corrected chi connectivity index (χ2v) is 19.5. The number of aromatic hydroxyl groups is 1. The Hall–Kier alpha value is -5.22. The lowest BCUT2D eigenvalue weighted by molar-refractivity contribution is -0.144. The monoisotopic (exact) mass is 717 g/mol. The zero-order chi connectivity index (χ0) is 37.7. The van der Waals surface area contributed by atoms with E-state index in [1.54, 1.807) is 18.2 Å². The number of carbonyl (C=O) groups is 3. The highest BCUT2D eigenvalue weighted by Gasteiger charge is 2.38. The Morgan fingerprint density at radius 2 is 1.48 bits per heavy atom. The molecule has 0 radical (unpaired) electrons. The molecule has 0 aliphatic carbocycles. The molecule has 1 N–H and O–H groups in total. The number of amides is 1. The lowest BCUT2D eigenvalue weighted by Crippen LogP contribution is -2.64. The molecule has 1 unspecified atom stereocenters. The largest absolute Gasteiger partial charge is 0.508 e. The Morgan fingerprint density at radius 3 is 2.10 bits per heavy atom. The highest BCUT2D eigenvalue weighted by Crippen LogP contribution is 2.34. The number of ether oxygens (including phenoxy) is 2. The fourth-order valence-corrected chi connectivity index (χ4v) is 10.9. The number of anilines is 2. The number of phenols is 1. The van der Waals surface area contributed by atoms with Gasteiger partial charge in [0, 0.05) is 24.0 Å². The van der Waals surface area contributed by atoms with Crippen molar-refractivity contribution in [2.45, 2.75) is 58.7 Å². The lowest BCUT2D eigenvalue weighted by atomic mass is 9.83. The number of rotatable bonds is 8. The van der Waals surface area contributed by atoms with Crippen LogP contribution in [0.15, 0.2) is 77.8 Å². The molecule has 52 heavy (non-hydrogen) atoms. The maximum Gasteiger partial charge on any atom is 0.325 e. The minimum Gasteiger partial charge on any atom is -0.508 e. The Balaban J connectivity index is 1.56. The van der Waals surface area contributed by atoms with Crippen molar-refractivity contribution in [2.24, 2.45) is 4.99 Å². The molecule has 4 aromatic carbocycles. The van der Waals surface area contributed by atoms with Crippen molar-refractivity contribution in [3.8, 4) is 5.75 Å². The van der Waals surface area contributed by atoms with Crippen LogP contribution < -0.4 is 25.8 Å². The molecular weight excluding hydrogens is 671 g/mol. The predicted octanol–water partition coefficient (Wildman–Crippen LogP) is 4.55. The van der Waals surface area contributed by atoms with Crippen molar-refractivity contribution in [1.29, 1.82) is 0 Å². The van der Waals surface area contributed by atoms with Crippen LogP contribution in [0.1, 0.15) is 65.7 Å². The van der Waals surface area contributed by atoms with E-state index in [0.29, 0.717) is 11.5 Å². The van der Waals surface area contributed by atoms with Crippen molar-refractivity contribution < 1.29 is 29.0 Å². The van der Waals surface area contributed by atoms with Crippen LogP contribution in [0.3, 0.4) is 0 Å². The van der Waals surface area contributed by atoms with Crippen molar-refractivity contribution >= 4 is 53.2 Å². The summed E-state index contributed by atoms with van der Waals surface area (Å²) in [7, 11) is 2.20. The fraction of sp³-hybridized carbons (Fsp3) is 0.333. The van der Waals surface area contributed by atoms with Crippen molar-refractivity contribution in [1.82, 2.24) is 4.90 Å². The third-order valence-electron chi connectivity index (χ3n) is 10.6. The minimum atomic E-state index is -2.32. The summed E-state index contributed by atoms with van der Waals surface area (Å²) in [6.45, 7) is 12.7. The SMILES string of the molecule is COC(=O)CN(CC(=O)OC)C(=O)c1ccc(C2=c3cc4c(cc3[Si](C)(C)c3cc(N(C)c5ccc(O)cc5)ccc32)=NC(C)(C)CC4C)c(C)c1. The van der Waals surface area contributed by atoms with E-state index >= 15 is 0 Å². The van der Waals surface area contributed by atoms with Gasteiger partial charge in [0.05, 0.1) is 25.1 Å². The quantitative estimate of drug-likeness (QED) is 0.211. The van der Waals surface area contributed by atoms with Gasteiger partial charge in [0.2, 0.25) is 0 Å². The highest BCUT2D eigenvalue weighted by atomic mass is 28.3. The molecule has 9 nitrogen and oxygen atoms in total. The fourth-order valence-electron chi connectivity index (χ4n) is 7.83. The van der Waals surface area contributed by atoms with E-state index in [4.69, 9.17) is 14.5 Å². The van der Waals surface area contributed by atoms with E-state index in [0.717, 1.165) is 50.3 Å². The molecule has 10 heteroatoms. The minimum absolute atomic E-state index is 0.153. The first-order valence-corrected chi connectivity index (χ1v) is 20.5. The van der Waals surface area contributed by atoms with E-state index in [1.807, 2.05) is 38.2 Å². The number of methoxy groups -OCH3 is 2. The molecular formula is C42H47N3O6Si. The summed E-state index contributed by atoms with van der Waals surface area (Å²) < 4.78 is 9.59. The van der Waals surface area contributed by atoms with E-state index in [9.17, 15) is 19.5 Å². The van der Waals surface area contributed by atoms with Crippen molar-refractivity contribution in [2.75, 3.05) is 39.3 Å². The number of aryl methyl sites for hydroxylation is 1. The molecule has 1 amide bonds. The number of fused-ring (bicyclic) bond motifs is 3. The van der Waals surface area contributed by atoms with Crippen LogP contribution in [0.2, 0.25) is 13.1 Å². The first-order chi connectivity index (χ1) is 24.5. The summed E-state index contributed by atoms with van der Waals surface area (Å²) in [4.78, 5) is 46.6. The van der Waals surface area contributed by atoms with Crippen LogP contribution >= 0.6 is 0 Å². The summed E-state index contributed by atoms with van der Waals surface area (Å²) in [5.74, 6) is -1.18. The normalized spacial score (nSPS) is 16.4. The topological polar surface area (TPSA) is 109 Å². The van der Waals surface area contributed by atoms with Gasteiger partial charge in [-0.05, 0) is 137 Å². The Morgan fingerprint density at radius 1 is 0.865 bits per heavy atom. The Bertz CT molecular complexity index is 2210. The number of nitrogens with zero attached hydrogens (tertiary/aromatic N) is 3. The van der Waals surface area contributed by atoms with E-state index in [-0.39, 0.29) is 24.4 Å². The van der Waals surface area contributed by atoms with Gasteiger partial charge >= 0.3 is 11.9 Å². The zero-order valence-corrected chi connectivity index (χ0v) is 32.5. The van der Waals surface area contributed by atoms with E-state index in [2.05, 4.69) is 69.1 Å². The van der Waals surface area contributed by atoms with Gasteiger partial charge in [-0.25, -0.2) is 0 Å². The van der Waals surface area contributed by atoms with Crippen molar-refractivity contribution in [3.63, 3.8) is 0 Å². The Kier molecular flexibility index (Phi) is 9.65. The second kappa shape index (κ2) is 13.7. The van der Waals surface area contributed by atoms with Crippen LogP contribution in [0, 0.1) is 6.92 Å². The van der Waals surface area contributed by atoms with Gasteiger partial charge in [0.1, 0.15) is 26.9 Å². The maximum absolute atomic E-state index is 13.7. The number of hydrogen-bond acceptors (Lipinski definition) is 8. The molecule has 2 aliphatic rings. The van der Waals surface area contributed by atoms with Crippen molar-refractivity contribution in [3.05, 3.63) is 111 Å². The summed E-state index contributed by atoms with van der Waals surface area (Å²) in [5.41, 5.74) is 7.60. The molecule has 0 aromatic heterocycles. The smallest absolute Gasteiger partial charge is 0.325 e. The zero-order valence-electron chi connectivity index (χ0n) is 31.5. The molecule has 0 bridgehead atoms. The van der Waals surface area contributed by atoms with E-state index in [1.165, 1.54) is 35.4 Å². The standard InChI is InChI=1S/C42H47N3O6Si/c1-25-18-27(41(49)45(23-38(47)50-6)24-39(48)51-7)10-16-31(25)40-32-17-13-29(44(5)28-11-14-30(46)15-12-28)19-36(32)52(8,9)37-21-35-33(20-34(37)40)26(2)22-42(3,4)43-35/h10-21,26,46H,22-24H2,1-9H3. The Labute approximate surface area is 306 Å². The van der Waals surface area contributed by atoms with Crippen LogP contribution in [-0.4, -0.2) is 75.8 Å². The molecule has 0 fully saturated rings. The molecule has 4 aromatic rings. The van der Waals surface area contributed by atoms with Gasteiger partial charge in [-0.2, -0.15) is 0 Å². The average molecular weight is 718 g/mol. The third kappa shape index (κ3) is 6.75.